The number of nitrogen functional groups attached to an aromatic ring is 2. The fourth-order valence-corrected chi connectivity index (χ4v) is 5.58. The summed E-state index contributed by atoms with van der Waals surface area (Å²) >= 11 is 14.0. The monoisotopic (exact) mass is 530 g/mol. The fraction of sp³-hybridized carbons (Fsp3) is 0.647. The molecule has 0 spiro atoms. The van der Waals surface area contributed by atoms with Gasteiger partial charge in [-0.2, -0.15) is 19.3 Å². The van der Waals surface area contributed by atoms with Gasteiger partial charge in [0.25, 0.3) is 0 Å². The first-order valence-corrected chi connectivity index (χ1v) is 13.3. The van der Waals surface area contributed by atoms with E-state index in [2.05, 4.69) is 20.2 Å². The van der Waals surface area contributed by atoms with Crippen LogP contribution < -0.4 is 21.3 Å². The van der Waals surface area contributed by atoms with Crippen LogP contribution in [0.15, 0.2) is 0 Å². The predicted molar refractivity (Wildman–Crippen MR) is 140 cm³/mol. The molecule has 2 aromatic rings. The molecule has 4 N–H and O–H groups in total. The second-order valence-electron chi connectivity index (χ2n) is 7.14. The summed E-state index contributed by atoms with van der Waals surface area (Å²) in [6, 6.07) is 0. The molecule has 0 radical (unpaired) electrons. The number of ether oxygens (including phenoxy) is 2. The largest absolute Gasteiger partial charge is 0.378 e. The highest BCUT2D eigenvalue weighted by molar-refractivity contribution is 8.23. The Bertz CT molecular complexity index is 895. The Labute approximate surface area is 210 Å². The molecule has 0 aromatic carbocycles. The van der Waals surface area contributed by atoms with Crippen molar-refractivity contribution in [2.24, 2.45) is 0 Å². The molecule has 4 rings (SSSR count). The Morgan fingerprint density at radius 1 is 0.758 bits per heavy atom. The maximum absolute atomic E-state index is 6.03. The first kappa shape index (κ1) is 24.4. The van der Waals surface area contributed by atoms with Gasteiger partial charge in [-0.25, -0.2) is 0 Å². The molecule has 16 heteroatoms. The minimum atomic E-state index is 0.294. The zero-order chi connectivity index (χ0) is 23.2. The van der Waals surface area contributed by atoms with Crippen LogP contribution in [0.4, 0.5) is 23.8 Å². The van der Waals surface area contributed by atoms with Gasteiger partial charge >= 0.3 is 0 Å². The van der Waals surface area contributed by atoms with E-state index in [4.69, 9.17) is 45.4 Å². The van der Waals surface area contributed by atoms with Gasteiger partial charge in [0.2, 0.25) is 23.8 Å². The highest BCUT2D eigenvalue weighted by atomic mass is 32.2. The number of rotatable bonds is 6. The molecule has 4 heterocycles. The van der Waals surface area contributed by atoms with Crippen molar-refractivity contribution in [1.29, 1.82) is 0 Å². The Morgan fingerprint density at radius 3 is 1.55 bits per heavy atom. The first-order chi connectivity index (χ1) is 16.0. The molecular formula is C17H26N10O2S4. The van der Waals surface area contributed by atoms with Crippen molar-refractivity contribution in [3.05, 3.63) is 0 Å². The van der Waals surface area contributed by atoms with Crippen molar-refractivity contribution in [1.82, 2.24) is 29.5 Å². The molecule has 180 valence electrons. The van der Waals surface area contributed by atoms with Crippen LogP contribution >= 0.6 is 48.0 Å². The highest BCUT2D eigenvalue weighted by Gasteiger charge is 2.20. The average Bonchev–Trinajstić information content (AvgIpc) is 3.42. The van der Waals surface area contributed by atoms with Crippen LogP contribution in [0.1, 0.15) is 6.42 Å². The number of nitrogens with zero attached hydrogens (tertiary/aromatic N) is 8. The minimum Gasteiger partial charge on any atom is -0.378 e. The molecule has 2 aliphatic heterocycles. The maximum atomic E-state index is 6.03. The van der Waals surface area contributed by atoms with Crippen LogP contribution in [-0.4, -0.2) is 102 Å². The number of hydrogen-bond acceptors (Lipinski definition) is 14. The van der Waals surface area contributed by atoms with Gasteiger partial charge in [0, 0.05) is 37.7 Å². The fourth-order valence-electron chi connectivity index (χ4n) is 3.19. The molecule has 0 saturated carbocycles. The average molecular weight is 531 g/mol. The van der Waals surface area contributed by atoms with Crippen LogP contribution in [0.5, 0.6) is 0 Å². The van der Waals surface area contributed by atoms with E-state index in [1.807, 2.05) is 9.80 Å². The summed E-state index contributed by atoms with van der Waals surface area (Å²) in [7, 11) is 0. The van der Waals surface area contributed by atoms with Crippen molar-refractivity contribution in [3.8, 4) is 0 Å². The van der Waals surface area contributed by atoms with Gasteiger partial charge in [0.05, 0.1) is 26.4 Å². The SMILES string of the molecule is Nc1nc(N2CCOCC2)nn1C(=S)SCCCSC(=S)n1nc(N2CCOCC2)nc1N. The molecule has 0 atom stereocenters. The van der Waals surface area contributed by atoms with Crippen LogP contribution in [-0.2, 0) is 9.47 Å². The van der Waals surface area contributed by atoms with Crippen molar-refractivity contribution >= 4 is 80.4 Å². The Kier molecular flexibility index (Phi) is 8.59. The molecule has 0 amide bonds. The zero-order valence-corrected chi connectivity index (χ0v) is 21.2. The van der Waals surface area contributed by atoms with E-state index >= 15 is 0 Å². The number of morpholine rings is 2. The van der Waals surface area contributed by atoms with Crippen LogP contribution in [0.3, 0.4) is 0 Å². The lowest BCUT2D eigenvalue weighted by molar-refractivity contribution is 0.122. The molecule has 2 aromatic heterocycles. The number of nitrogens with two attached hydrogens (primary N) is 2. The first-order valence-electron chi connectivity index (χ1n) is 10.5. The van der Waals surface area contributed by atoms with E-state index in [1.54, 1.807) is 0 Å². The molecule has 12 nitrogen and oxygen atoms in total. The van der Waals surface area contributed by atoms with Crippen molar-refractivity contribution < 1.29 is 9.47 Å². The second-order valence-corrected chi connectivity index (χ2v) is 10.6. The van der Waals surface area contributed by atoms with Gasteiger partial charge in [-0.1, -0.05) is 48.0 Å². The number of aromatic nitrogens is 6. The standard InChI is InChI=1S/C17H26N10O2S4/c18-12-20-14(24-2-6-28-7-3-24)22-26(12)16(30)32-10-1-11-33-17(31)27-13(19)21-15(23-27)25-4-8-29-9-5-25/h1-11H2,(H2,18,20,22)(H2,19,21,23). The highest BCUT2D eigenvalue weighted by Crippen LogP contribution is 2.20. The Hall–Kier alpha value is -1.72. The van der Waals surface area contributed by atoms with Crippen molar-refractivity contribution in [2.45, 2.75) is 6.42 Å². The second kappa shape index (κ2) is 11.6. The molecule has 2 fully saturated rings. The lowest BCUT2D eigenvalue weighted by Gasteiger charge is -2.25. The summed E-state index contributed by atoms with van der Waals surface area (Å²) in [4.78, 5) is 12.8. The third-order valence-corrected chi connectivity index (χ3v) is 7.79. The summed E-state index contributed by atoms with van der Waals surface area (Å²) in [5, 5.41) is 8.94. The molecule has 0 aliphatic carbocycles. The van der Waals surface area contributed by atoms with Gasteiger partial charge in [-0.15, -0.1) is 10.2 Å². The smallest absolute Gasteiger partial charge is 0.247 e. The third-order valence-electron chi connectivity index (χ3n) is 4.92. The molecule has 2 saturated heterocycles. The van der Waals surface area contributed by atoms with Gasteiger partial charge < -0.3 is 30.7 Å². The Morgan fingerprint density at radius 2 is 1.15 bits per heavy atom. The molecule has 2 aliphatic rings. The number of thiocarbonyl (C=S) groups is 2. The van der Waals surface area contributed by atoms with Gasteiger partial charge in [-0.3, -0.25) is 0 Å². The normalized spacial score (nSPS) is 16.8. The third kappa shape index (κ3) is 6.24. The van der Waals surface area contributed by atoms with E-state index in [1.165, 1.54) is 32.9 Å². The minimum absolute atomic E-state index is 0.294. The van der Waals surface area contributed by atoms with Crippen molar-refractivity contribution in [3.63, 3.8) is 0 Å². The van der Waals surface area contributed by atoms with Crippen molar-refractivity contribution in [2.75, 3.05) is 85.4 Å². The summed E-state index contributed by atoms with van der Waals surface area (Å²) < 4.78 is 14.9. The van der Waals surface area contributed by atoms with E-state index in [9.17, 15) is 0 Å². The van der Waals surface area contributed by atoms with E-state index in [0.717, 1.165) is 44.1 Å². The number of thioether (sulfide) groups is 2. The summed E-state index contributed by atoms with van der Waals surface area (Å²) in [6.07, 6.45) is 0.880. The van der Waals surface area contributed by atoms with E-state index in [0.29, 0.717) is 58.9 Å². The van der Waals surface area contributed by atoms with Gasteiger partial charge in [0.15, 0.2) is 8.64 Å². The van der Waals surface area contributed by atoms with E-state index in [-0.39, 0.29) is 0 Å². The maximum Gasteiger partial charge on any atom is 0.247 e. The summed E-state index contributed by atoms with van der Waals surface area (Å²) in [6.45, 7) is 5.58. The molecule has 0 unspecified atom stereocenters. The number of anilines is 4. The Balaban J connectivity index is 1.20. The molecule has 33 heavy (non-hydrogen) atoms. The van der Waals surface area contributed by atoms with Crippen LogP contribution in [0, 0.1) is 0 Å². The van der Waals surface area contributed by atoms with Gasteiger partial charge in [0.1, 0.15) is 0 Å². The van der Waals surface area contributed by atoms with E-state index < -0.39 is 0 Å². The quantitative estimate of drug-likeness (QED) is 0.396. The van der Waals surface area contributed by atoms with Crippen LogP contribution in [0.25, 0.3) is 0 Å². The summed E-state index contributed by atoms with van der Waals surface area (Å²) in [5.41, 5.74) is 12.1. The lowest BCUT2D eigenvalue weighted by Crippen LogP contribution is -2.37. The molecule has 0 bridgehead atoms. The van der Waals surface area contributed by atoms with Gasteiger partial charge in [-0.05, 0) is 6.42 Å². The molecular weight excluding hydrogens is 505 g/mol. The zero-order valence-electron chi connectivity index (χ0n) is 18.0. The topological polar surface area (TPSA) is 138 Å². The van der Waals surface area contributed by atoms with Crippen LogP contribution in [0.2, 0.25) is 0 Å². The summed E-state index contributed by atoms with van der Waals surface area (Å²) in [5.74, 6) is 3.35. The lowest BCUT2D eigenvalue weighted by atomic mass is 10.4. The number of hydrogen-bond donors (Lipinski definition) is 2. The predicted octanol–water partition coefficient (Wildman–Crippen LogP) is 0.530.